The molecule has 1 saturated carbocycles. The highest BCUT2D eigenvalue weighted by molar-refractivity contribution is 7.80. The molecule has 3 rings (SSSR count). The van der Waals surface area contributed by atoms with Crippen LogP contribution >= 0.6 is 12.2 Å². The molecule has 1 heterocycles. The van der Waals surface area contributed by atoms with Crippen molar-refractivity contribution in [2.24, 2.45) is 11.1 Å². The summed E-state index contributed by atoms with van der Waals surface area (Å²) in [6, 6.07) is 7.22. The van der Waals surface area contributed by atoms with Gasteiger partial charge >= 0.3 is 0 Å². The predicted octanol–water partition coefficient (Wildman–Crippen LogP) is 1.04. The average molecular weight is 275 g/mol. The van der Waals surface area contributed by atoms with Gasteiger partial charge in [-0.3, -0.25) is 9.59 Å². The Morgan fingerprint density at radius 3 is 2.68 bits per heavy atom. The molecule has 1 aromatic rings. The summed E-state index contributed by atoms with van der Waals surface area (Å²) < 4.78 is 0. The van der Waals surface area contributed by atoms with Crippen LogP contribution in [0.5, 0.6) is 0 Å². The number of nitrogens with two attached hydrogens (primary N) is 1. The van der Waals surface area contributed by atoms with Crippen molar-refractivity contribution in [3.63, 3.8) is 0 Å². The van der Waals surface area contributed by atoms with Crippen molar-refractivity contribution < 1.29 is 9.59 Å². The lowest BCUT2D eigenvalue weighted by Gasteiger charge is -2.31. The van der Waals surface area contributed by atoms with E-state index < -0.39 is 5.41 Å². The van der Waals surface area contributed by atoms with Gasteiger partial charge in [0.2, 0.25) is 11.8 Å². The highest BCUT2D eigenvalue weighted by Crippen LogP contribution is 2.49. The molecule has 2 amide bonds. The van der Waals surface area contributed by atoms with Gasteiger partial charge in [0.1, 0.15) is 6.54 Å². The number of carbonyl (C=O) groups excluding carboxylic acids is 2. The average Bonchev–Trinajstić information content (AvgIpc) is 3.18. The van der Waals surface area contributed by atoms with E-state index in [4.69, 9.17) is 18.0 Å². The number of hydrogen-bond acceptors (Lipinski definition) is 3. The van der Waals surface area contributed by atoms with Crippen LogP contribution in [0, 0.1) is 5.41 Å². The Morgan fingerprint density at radius 2 is 2.05 bits per heavy atom. The van der Waals surface area contributed by atoms with Gasteiger partial charge in [0.05, 0.1) is 21.8 Å². The Bertz CT molecular complexity index is 595. The highest BCUT2D eigenvalue weighted by atomic mass is 32.1. The monoisotopic (exact) mass is 275 g/mol. The molecule has 0 saturated heterocycles. The van der Waals surface area contributed by atoms with Gasteiger partial charge in [0, 0.05) is 0 Å². The molecule has 1 aromatic carbocycles. The molecule has 0 unspecified atom stereocenters. The zero-order valence-electron chi connectivity index (χ0n) is 10.2. The van der Waals surface area contributed by atoms with Crippen molar-refractivity contribution in [3.05, 3.63) is 24.3 Å². The summed E-state index contributed by atoms with van der Waals surface area (Å²) in [5.74, 6) is -0.368. The Balaban J connectivity index is 2.00. The van der Waals surface area contributed by atoms with Crippen LogP contribution in [0.1, 0.15) is 12.8 Å². The van der Waals surface area contributed by atoms with Crippen molar-refractivity contribution in [2.75, 3.05) is 16.8 Å². The van der Waals surface area contributed by atoms with E-state index in [0.29, 0.717) is 24.2 Å². The van der Waals surface area contributed by atoms with Crippen LogP contribution in [0.15, 0.2) is 24.3 Å². The Kier molecular flexibility index (Phi) is 2.56. The van der Waals surface area contributed by atoms with Crippen LogP contribution in [0.2, 0.25) is 0 Å². The third-order valence-corrected chi connectivity index (χ3v) is 4.04. The van der Waals surface area contributed by atoms with Gasteiger partial charge in [0.25, 0.3) is 0 Å². The molecule has 0 bridgehead atoms. The first-order valence-corrected chi connectivity index (χ1v) is 6.46. The minimum Gasteiger partial charge on any atom is -0.392 e. The largest absolute Gasteiger partial charge is 0.392 e. The Hall–Kier alpha value is -1.95. The van der Waals surface area contributed by atoms with E-state index in [9.17, 15) is 9.59 Å². The number of rotatable bonds is 2. The molecule has 2 aliphatic rings. The predicted molar refractivity (Wildman–Crippen MR) is 75.9 cm³/mol. The molecular formula is C13H13N3O2S. The molecule has 1 aliphatic heterocycles. The molecule has 0 radical (unpaired) electrons. The number of carbonyl (C=O) groups is 2. The van der Waals surface area contributed by atoms with Gasteiger partial charge in [-0.2, -0.15) is 0 Å². The maximum absolute atomic E-state index is 12.6. The summed E-state index contributed by atoms with van der Waals surface area (Å²) in [6.45, 7) is 0.0141. The molecule has 1 fully saturated rings. The van der Waals surface area contributed by atoms with Crippen LogP contribution in [0.25, 0.3) is 0 Å². The van der Waals surface area contributed by atoms with Crippen LogP contribution < -0.4 is 16.0 Å². The number of nitrogens with zero attached hydrogens (tertiary/aromatic N) is 1. The van der Waals surface area contributed by atoms with Gasteiger partial charge < -0.3 is 16.0 Å². The normalized spacial score (nSPS) is 19.4. The van der Waals surface area contributed by atoms with E-state index >= 15 is 0 Å². The summed E-state index contributed by atoms with van der Waals surface area (Å²) >= 11 is 5.00. The minimum absolute atomic E-state index is 0.0141. The van der Waals surface area contributed by atoms with Crippen molar-refractivity contribution in [2.45, 2.75) is 12.8 Å². The summed E-state index contributed by atoms with van der Waals surface area (Å²) in [5.41, 5.74) is 6.29. The maximum atomic E-state index is 12.6. The lowest BCUT2D eigenvalue weighted by molar-refractivity contribution is -0.124. The molecule has 5 nitrogen and oxygen atoms in total. The van der Waals surface area contributed by atoms with Crippen LogP contribution in [0.4, 0.5) is 11.4 Å². The number of nitrogens with one attached hydrogen (secondary N) is 1. The Morgan fingerprint density at radius 1 is 1.37 bits per heavy atom. The van der Waals surface area contributed by atoms with Crippen molar-refractivity contribution in [1.29, 1.82) is 0 Å². The van der Waals surface area contributed by atoms with E-state index in [1.165, 1.54) is 4.90 Å². The highest BCUT2D eigenvalue weighted by Gasteiger charge is 2.55. The van der Waals surface area contributed by atoms with E-state index in [1.54, 1.807) is 6.07 Å². The first-order chi connectivity index (χ1) is 9.04. The second-order valence-corrected chi connectivity index (χ2v) is 5.34. The van der Waals surface area contributed by atoms with Gasteiger partial charge in [-0.15, -0.1) is 0 Å². The lowest BCUT2D eigenvalue weighted by Crippen LogP contribution is -2.48. The lowest BCUT2D eigenvalue weighted by atomic mass is 10.0. The van der Waals surface area contributed by atoms with Crippen molar-refractivity contribution in [3.8, 4) is 0 Å². The molecule has 0 spiro atoms. The summed E-state index contributed by atoms with van der Waals surface area (Å²) in [6.07, 6.45) is 1.34. The zero-order valence-corrected chi connectivity index (χ0v) is 11.0. The number of hydrogen-bond donors (Lipinski definition) is 2. The zero-order chi connectivity index (χ0) is 13.6. The van der Waals surface area contributed by atoms with E-state index in [2.05, 4.69) is 5.32 Å². The number of benzene rings is 1. The van der Waals surface area contributed by atoms with Crippen molar-refractivity contribution in [1.82, 2.24) is 0 Å². The van der Waals surface area contributed by atoms with Gasteiger partial charge in [-0.1, -0.05) is 24.4 Å². The fraction of sp³-hybridized carbons (Fsp3) is 0.308. The number of para-hydroxylation sites is 2. The molecule has 19 heavy (non-hydrogen) atoms. The number of thiocarbonyl (C=S) groups is 1. The standard InChI is InChI=1S/C13H13N3O2S/c14-11(19)13(5-6-13)12(18)16-7-10(17)15-8-3-1-2-4-9(8)16/h1-4H,5-7H2,(H2,14,19)(H,15,17). The van der Waals surface area contributed by atoms with E-state index in [1.807, 2.05) is 18.2 Å². The third-order valence-electron chi connectivity index (χ3n) is 3.65. The van der Waals surface area contributed by atoms with Crippen LogP contribution in [0.3, 0.4) is 0 Å². The quantitative estimate of drug-likeness (QED) is 0.791. The molecular weight excluding hydrogens is 262 g/mol. The smallest absolute Gasteiger partial charge is 0.244 e. The molecule has 1 aliphatic carbocycles. The molecule has 0 atom stereocenters. The summed E-state index contributed by atoms with van der Waals surface area (Å²) in [4.78, 5) is 26.0. The SMILES string of the molecule is NC(=S)C1(C(=O)N2CC(=O)Nc3ccccc32)CC1. The maximum Gasteiger partial charge on any atom is 0.244 e. The number of anilines is 2. The second kappa shape index (κ2) is 4.03. The fourth-order valence-corrected chi connectivity index (χ4v) is 2.65. The molecule has 0 aromatic heterocycles. The Labute approximate surface area is 115 Å². The second-order valence-electron chi connectivity index (χ2n) is 4.90. The van der Waals surface area contributed by atoms with Crippen LogP contribution in [-0.4, -0.2) is 23.3 Å². The summed E-state index contributed by atoms with van der Waals surface area (Å²) in [5, 5.41) is 2.75. The minimum atomic E-state index is -0.736. The topological polar surface area (TPSA) is 75.4 Å². The van der Waals surface area contributed by atoms with E-state index in [-0.39, 0.29) is 23.3 Å². The van der Waals surface area contributed by atoms with E-state index in [0.717, 1.165) is 0 Å². The number of fused-ring (bicyclic) bond motifs is 1. The van der Waals surface area contributed by atoms with Gasteiger partial charge in [-0.25, -0.2) is 0 Å². The van der Waals surface area contributed by atoms with Crippen molar-refractivity contribution >= 4 is 40.4 Å². The fourth-order valence-electron chi connectivity index (χ4n) is 2.36. The first-order valence-electron chi connectivity index (χ1n) is 6.05. The van der Waals surface area contributed by atoms with Crippen LogP contribution in [-0.2, 0) is 9.59 Å². The summed E-state index contributed by atoms with van der Waals surface area (Å²) in [7, 11) is 0. The number of amides is 2. The van der Waals surface area contributed by atoms with Gasteiger partial charge in [0.15, 0.2) is 0 Å². The molecule has 98 valence electrons. The van der Waals surface area contributed by atoms with Gasteiger partial charge in [-0.05, 0) is 25.0 Å². The molecule has 3 N–H and O–H groups in total. The molecule has 6 heteroatoms. The third kappa shape index (κ3) is 1.79. The first kappa shape index (κ1) is 12.1.